The van der Waals surface area contributed by atoms with E-state index in [1.54, 1.807) is 12.1 Å². The second-order valence-electron chi connectivity index (χ2n) is 9.49. The zero-order chi connectivity index (χ0) is 29.4. The van der Waals surface area contributed by atoms with Gasteiger partial charge in [0.25, 0.3) is 15.7 Å². The van der Waals surface area contributed by atoms with Crippen LogP contribution >= 0.6 is 0 Å². The van der Waals surface area contributed by atoms with E-state index < -0.39 is 10.1 Å². The van der Waals surface area contributed by atoms with Gasteiger partial charge in [0, 0.05) is 35.7 Å². The van der Waals surface area contributed by atoms with Crippen molar-refractivity contribution in [2.75, 3.05) is 19.6 Å². The summed E-state index contributed by atoms with van der Waals surface area (Å²) in [6, 6.07) is 5.99. The van der Waals surface area contributed by atoms with Gasteiger partial charge in [-0.05, 0) is 32.0 Å². The molecular weight excluding hydrogens is 560 g/mol. The van der Waals surface area contributed by atoms with E-state index in [0.717, 1.165) is 91.5 Å². The molecule has 3 aliphatic rings. The predicted octanol–water partition coefficient (Wildman–Crippen LogP) is -2.41. The number of nitrogens with two attached hydrogens (primary N) is 2. The number of benzene rings is 1. The average molecular weight is 593 g/mol. The highest BCUT2D eigenvalue weighted by atomic mass is 32.2. The van der Waals surface area contributed by atoms with Gasteiger partial charge in [-0.3, -0.25) is 9.35 Å². The predicted molar refractivity (Wildman–Crippen MR) is 136 cm³/mol. The highest BCUT2D eigenvalue weighted by molar-refractivity contribution is 7.85. The van der Waals surface area contributed by atoms with Crippen LogP contribution < -0.4 is 31.7 Å². The number of H-pyrrole nitrogens is 1. The number of aromatic amines is 1. The molecule has 16 heteroatoms. The Morgan fingerprint density at radius 3 is 1.93 bits per heavy atom. The lowest BCUT2D eigenvalue weighted by Gasteiger charge is -2.09. The van der Waals surface area contributed by atoms with Crippen LogP contribution in [0.15, 0.2) is 47.5 Å². The number of nitrogens with zero attached hydrogens (tertiary/aromatic N) is 2. The van der Waals surface area contributed by atoms with Crippen molar-refractivity contribution in [3.8, 4) is 11.8 Å². The quantitative estimate of drug-likeness (QED) is 0.145. The molecule has 0 aliphatic carbocycles. The van der Waals surface area contributed by atoms with Crippen LogP contribution in [0.3, 0.4) is 0 Å². The van der Waals surface area contributed by atoms with Gasteiger partial charge in [0.1, 0.15) is 13.1 Å². The van der Waals surface area contributed by atoms with Gasteiger partial charge >= 0.3 is 0 Å². The summed E-state index contributed by atoms with van der Waals surface area (Å²) in [7, 11) is -4.02. The molecule has 6 heterocycles. The van der Waals surface area contributed by atoms with Gasteiger partial charge < -0.3 is 39.7 Å². The molecule has 0 saturated heterocycles. The molecule has 3 aromatic heterocycles. The van der Waals surface area contributed by atoms with Crippen molar-refractivity contribution in [2.45, 2.75) is 50.7 Å². The summed E-state index contributed by atoms with van der Waals surface area (Å²) in [4.78, 5) is 10.8. The third-order valence-corrected chi connectivity index (χ3v) is 7.43. The van der Waals surface area contributed by atoms with Gasteiger partial charge in [-0.25, -0.2) is 0 Å². The van der Waals surface area contributed by atoms with Crippen LogP contribution in [0.25, 0.3) is 0 Å². The molecule has 1 aromatic carbocycles. The smallest absolute Gasteiger partial charge is 0.294 e. The molecule has 0 fully saturated rings. The van der Waals surface area contributed by atoms with Crippen molar-refractivity contribution in [3.63, 3.8) is 0 Å². The third-order valence-electron chi connectivity index (χ3n) is 6.56. The normalized spacial score (nSPS) is 15.4. The zero-order valence-electron chi connectivity index (χ0n) is 22.3. The average Bonchev–Trinajstić information content (AvgIpc) is 3.67. The Hall–Kier alpha value is -3.96. The first-order valence-corrected chi connectivity index (χ1v) is 14.4. The highest BCUT2D eigenvalue weighted by Gasteiger charge is 2.17. The maximum Gasteiger partial charge on any atom is 0.294 e. The van der Waals surface area contributed by atoms with Crippen LogP contribution in [-0.2, 0) is 49.0 Å². The molecule has 222 valence electrons. The van der Waals surface area contributed by atoms with Crippen LogP contribution in [0.5, 0.6) is 11.8 Å². The minimum atomic E-state index is -4.02. The maximum absolute atomic E-state index is 10.9. The molecule has 7 rings (SSSR count). The topological polar surface area (TPSA) is 244 Å². The van der Waals surface area contributed by atoms with Gasteiger partial charge in [0.15, 0.2) is 17.3 Å². The van der Waals surface area contributed by atoms with E-state index in [0.29, 0.717) is 6.54 Å². The summed E-state index contributed by atoms with van der Waals surface area (Å²) in [5, 5.41) is 38.0. The van der Waals surface area contributed by atoms with Crippen molar-refractivity contribution < 1.29 is 47.4 Å². The van der Waals surface area contributed by atoms with Crippen LogP contribution in [0, 0.1) is 6.92 Å². The Balaban J connectivity index is 0.000000126. The standard InChI is InChI=1S/C7H8O3S.3C6H8N2O2/c1-6-2-4-7(5-3-6)11(8,9)10;3*9-6-4-1-2-7-3-5(4)10-8-6/h2-5H,1H3,(H,8,9,10);3*7H,1-3H2,(H,8,9). The van der Waals surface area contributed by atoms with Crippen LogP contribution in [0.2, 0.25) is 0 Å². The van der Waals surface area contributed by atoms with E-state index in [1.165, 1.54) is 12.1 Å². The molecule has 4 aromatic rings. The van der Waals surface area contributed by atoms with Crippen molar-refractivity contribution >= 4 is 10.1 Å². The lowest BCUT2D eigenvalue weighted by Crippen LogP contribution is -2.84. The SMILES string of the molecule is Cc1ccc(S(=O)(=O)O)cc1.O=c1[nH]oc2c1CCNC2.[O-]c1noc2c1CC[NH2+]C2.[O-]c1noc2c1CC[NH2+]C2. The Bertz CT molecular complexity index is 1540. The van der Waals surface area contributed by atoms with Crippen molar-refractivity contribution in [1.82, 2.24) is 20.8 Å². The van der Waals surface area contributed by atoms with Gasteiger partial charge in [-0.2, -0.15) is 13.6 Å². The van der Waals surface area contributed by atoms with E-state index in [9.17, 15) is 23.4 Å². The molecular formula is C25H32N6O9S. The number of rotatable bonds is 1. The first kappa shape index (κ1) is 30.0. The fourth-order valence-corrected chi connectivity index (χ4v) is 4.78. The largest absolute Gasteiger partial charge is 0.856 e. The number of hydrogen-bond acceptors (Lipinski definition) is 11. The number of nitrogens with one attached hydrogen (secondary N) is 2. The van der Waals surface area contributed by atoms with Crippen LogP contribution in [0.4, 0.5) is 0 Å². The van der Waals surface area contributed by atoms with Gasteiger partial charge in [0.05, 0.1) is 30.1 Å². The Kier molecular flexibility index (Phi) is 9.95. The minimum absolute atomic E-state index is 0.0666. The van der Waals surface area contributed by atoms with Crippen LogP contribution in [0.1, 0.15) is 39.5 Å². The van der Waals surface area contributed by atoms with E-state index in [-0.39, 0.29) is 22.2 Å². The summed E-state index contributed by atoms with van der Waals surface area (Å²) < 4.78 is 44.0. The molecule has 41 heavy (non-hydrogen) atoms. The van der Waals surface area contributed by atoms with Gasteiger partial charge in [-0.15, -0.1) is 0 Å². The van der Waals surface area contributed by atoms with Crippen molar-refractivity contribution in [1.29, 1.82) is 0 Å². The summed E-state index contributed by atoms with van der Waals surface area (Å²) in [5.74, 6) is 1.93. The van der Waals surface area contributed by atoms with Gasteiger partial charge in [0.2, 0.25) is 0 Å². The number of aryl methyl sites for hydroxylation is 1. The Labute approximate surface area is 234 Å². The third kappa shape index (κ3) is 8.05. The summed E-state index contributed by atoms with van der Waals surface area (Å²) in [5.41, 5.74) is 3.25. The van der Waals surface area contributed by atoms with E-state index >= 15 is 0 Å². The molecule has 15 nitrogen and oxygen atoms in total. The first-order chi connectivity index (χ1) is 19.6. The molecule has 0 atom stereocenters. The molecule has 7 N–H and O–H groups in total. The second kappa shape index (κ2) is 13.6. The molecule has 3 aliphatic heterocycles. The monoisotopic (exact) mass is 592 g/mol. The number of fused-ring (bicyclic) bond motifs is 3. The summed E-state index contributed by atoms with van der Waals surface area (Å²) in [6.07, 6.45) is 2.39. The molecule has 0 amide bonds. The number of aromatic nitrogens is 3. The van der Waals surface area contributed by atoms with E-state index in [1.807, 2.05) is 6.92 Å². The lowest BCUT2D eigenvalue weighted by molar-refractivity contribution is -0.675. The molecule has 0 unspecified atom stereocenters. The Morgan fingerprint density at radius 1 is 0.878 bits per heavy atom. The van der Waals surface area contributed by atoms with E-state index in [4.69, 9.17) is 18.1 Å². The minimum Gasteiger partial charge on any atom is -0.856 e. The fraction of sp³-hybridized carbons (Fsp3) is 0.400. The summed E-state index contributed by atoms with van der Waals surface area (Å²) >= 11 is 0. The number of quaternary nitrogens is 2. The lowest BCUT2D eigenvalue weighted by atomic mass is 10.1. The maximum atomic E-state index is 10.9. The zero-order valence-corrected chi connectivity index (χ0v) is 23.2. The van der Waals surface area contributed by atoms with Gasteiger partial charge in [-0.1, -0.05) is 28.0 Å². The van der Waals surface area contributed by atoms with Crippen molar-refractivity contribution in [3.05, 3.63) is 74.2 Å². The number of hydrogen-bond donors (Lipinski definition) is 5. The molecule has 0 spiro atoms. The van der Waals surface area contributed by atoms with Crippen LogP contribution in [-0.4, -0.2) is 48.1 Å². The fourth-order valence-electron chi connectivity index (χ4n) is 4.30. The Morgan fingerprint density at radius 2 is 1.44 bits per heavy atom. The molecule has 0 saturated carbocycles. The molecule has 0 radical (unpaired) electrons. The molecule has 0 bridgehead atoms. The highest BCUT2D eigenvalue weighted by Crippen LogP contribution is 2.18. The van der Waals surface area contributed by atoms with E-state index in [2.05, 4.69) is 31.4 Å². The van der Waals surface area contributed by atoms with Crippen molar-refractivity contribution in [2.24, 2.45) is 0 Å². The first-order valence-electron chi connectivity index (χ1n) is 13.0. The second-order valence-corrected chi connectivity index (χ2v) is 10.9. The summed E-state index contributed by atoms with van der Waals surface area (Å²) in [6.45, 7) is 6.87.